The highest BCUT2D eigenvalue weighted by Crippen LogP contribution is 2.19. The molecule has 3 N–H and O–H groups in total. The molecule has 0 fully saturated rings. The van der Waals surface area contributed by atoms with Crippen molar-refractivity contribution in [2.75, 3.05) is 0 Å². The van der Waals surface area contributed by atoms with Crippen molar-refractivity contribution in [1.82, 2.24) is 0 Å². The molecule has 0 aliphatic rings. The summed E-state index contributed by atoms with van der Waals surface area (Å²) in [6.45, 7) is 7.01. The molecule has 0 rings (SSSR count). The van der Waals surface area contributed by atoms with Crippen LogP contribution in [0.5, 0.6) is 0 Å². The SMILES string of the molecule is CC(C)CC(=O)[C@@](N)(C(=O)O)C(C)C. The van der Waals surface area contributed by atoms with Crippen molar-refractivity contribution >= 4 is 11.8 Å². The number of Topliss-reactive ketones (excluding diaryl/α,β-unsaturated/α-hetero) is 1. The third kappa shape index (κ3) is 2.54. The Morgan fingerprint density at radius 2 is 1.71 bits per heavy atom. The van der Waals surface area contributed by atoms with Gasteiger partial charge in [0.1, 0.15) is 0 Å². The Labute approximate surface area is 84.5 Å². The van der Waals surface area contributed by atoms with Gasteiger partial charge in [0.25, 0.3) is 0 Å². The number of ketones is 1. The van der Waals surface area contributed by atoms with E-state index in [1.807, 2.05) is 13.8 Å². The summed E-state index contributed by atoms with van der Waals surface area (Å²) >= 11 is 0. The summed E-state index contributed by atoms with van der Waals surface area (Å²) in [7, 11) is 0. The first-order valence-electron chi connectivity index (χ1n) is 4.78. The summed E-state index contributed by atoms with van der Waals surface area (Å²) in [5.74, 6) is -1.90. The zero-order valence-corrected chi connectivity index (χ0v) is 9.20. The third-order valence-corrected chi connectivity index (χ3v) is 2.32. The molecule has 0 aromatic carbocycles. The second kappa shape index (κ2) is 4.55. The van der Waals surface area contributed by atoms with E-state index in [1.165, 1.54) is 0 Å². The quantitative estimate of drug-likeness (QED) is 0.651. The fourth-order valence-electron chi connectivity index (χ4n) is 1.23. The minimum absolute atomic E-state index is 0.128. The van der Waals surface area contributed by atoms with Gasteiger partial charge in [-0.2, -0.15) is 0 Å². The number of carboxylic acid groups (broad SMARTS) is 1. The Morgan fingerprint density at radius 1 is 1.29 bits per heavy atom. The predicted molar refractivity (Wildman–Crippen MR) is 53.9 cm³/mol. The first kappa shape index (κ1) is 13.1. The molecule has 0 aromatic rings. The van der Waals surface area contributed by atoms with Gasteiger partial charge in [0.15, 0.2) is 11.3 Å². The maximum absolute atomic E-state index is 11.7. The first-order valence-corrected chi connectivity index (χ1v) is 4.78. The number of carbonyl (C=O) groups excluding carboxylic acids is 1. The van der Waals surface area contributed by atoms with Crippen molar-refractivity contribution in [1.29, 1.82) is 0 Å². The van der Waals surface area contributed by atoms with Crippen LogP contribution in [0, 0.1) is 11.8 Å². The lowest BCUT2D eigenvalue weighted by atomic mass is 9.80. The van der Waals surface area contributed by atoms with E-state index < -0.39 is 23.2 Å². The second-order valence-corrected chi connectivity index (χ2v) is 4.35. The highest BCUT2D eigenvalue weighted by molar-refractivity contribution is 6.07. The van der Waals surface area contributed by atoms with E-state index >= 15 is 0 Å². The molecule has 0 bridgehead atoms. The molecule has 1 atom stereocenters. The number of hydrogen-bond acceptors (Lipinski definition) is 3. The van der Waals surface area contributed by atoms with Crippen molar-refractivity contribution < 1.29 is 14.7 Å². The van der Waals surface area contributed by atoms with Crippen LogP contribution in [0.25, 0.3) is 0 Å². The fourth-order valence-corrected chi connectivity index (χ4v) is 1.23. The lowest BCUT2D eigenvalue weighted by Gasteiger charge is -2.27. The molecular weight excluding hydrogens is 182 g/mol. The number of hydrogen-bond donors (Lipinski definition) is 2. The highest BCUT2D eigenvalue weighted by Gasteiger charge is 2.44. The third-order valence-electron chi connectivity index (χ3n) is 2.32. The van der Waals surface area contributed by atoms with Crippen molar-refractivity contribution in [3.8, 4) is 0 Å². The van der Waals surface area contributed by atoms with Crippen LogP contribution in [0.2, 0.25) is 0 Å². The maximum atomic E-state index is 11.7. The van der Waals surface area contributed by atoms with Gasteiger partial charge in [0.2, 0.25) is 0 Å². The Bertz CT molecular complexity index is 236. The molecular formula is C10H19NO3. The molecule has 0 heterocycles. The summed E-state index contributed by atoms with van der Waals surface area (Å²) in [4.78, 5) is 22.6. The van der Waals surface area contributed by atoms with Crippen molar-refractivity contribution in [2.24, 2.45) is 17.6 Å². The monoisotopic (exact) mass is 201 g/mol. The van der Waals surface area contributed by atoms with E-state index in [2.05, 4.69) is 0 Å². The minimum Gasteiger partial charge on any atom is -0.480 e. The molecule has 82 valence electrons. The molecule has 0 saturated heterocycles. The fraction of sp³-hybridized carbons (Fsp3) is 0.800. The lowest BCUT2D eigenvalue weighted by Crippen LogP contribution is -2.59. The Balaban J connectivity index is 4.84. The van der Waals surface area contributed by atoms with Gasteiger partial charge in [-0.25, -0.2) is 4.79 Å². The van der Waals surface area contributed by atoms with Crippen molar-refractivity contribution in [2.45, 2.75) is 39.7 Å². The molecule has 0 aliphatic carbocycles. The first-order chi connectivity index (χ1) is 6.22. The number of carboxylic acids is 1. The minimum atomic E-state index is -1.73. The zero-order valence-electron chi connectivity index (χ0n) is 9.20. The average Bonchev–Trinajstić information content (AvgIpc) is 2.00. The molecule has 0 aromatic heterocycles. The summed E-state index contributed by atoms with van der Waals surface area (Å²) < 4.78 is 0. The van der Waals surface area contributed by atoms with Gasteiger partial charge in [0.05, 0.1) is 0 Å². The Hall–Kier alpha value is -0.900. The molecule has 4 heteroatoms. The molecule has 0 amide bonds. The van der Waals surface area contributed by atoms with Gasteiger partial charge in [-0.3, -0.25) is 4.79 Å². The van der Waals surface area contributed by atoms with Gasteiger partial charge in [0, 0.05) is 6.42 Å². The number of aliphatic carboxylic acids is 1. The van der Waals surface area contributed by atoms with E-state index in [0.717, 1.165) is 0 Å². The second-order valence-electron chi connectivity index (χ2n) is 4.35. The number of rotatable bonds is 5. The summed E-state index contributed by atoms with van der Waals surface area (Å²) in [6, 6.07) is 0. The average molecular weight is 201 g/mol. The Kier molecular flexibility index (Phi) is 4.26. The predicted octanol–water partition coefficient (Wildman–Crippen LogP) is 1.04. The van der Waals surface area contributed by atoms with Crippen molar-refractivity contribution in [3.05, 3.63) is 0 Å². The number of nitrogens with two attached hydrogens (primary N) is 1. The van der Waals surface area contributed by atoms with Crippen LogP contribution in [0.1, 0.15) is 34.1 Å². The summed E-state index contributed by atoms with van der Waals surface area (Å²) in [5.41, 5.74) is 3.89. The van der Waals surface area contributed by atoms with Crippen LogP contribution in [0.3, 0.4) is 0 Å². The van der Waals surface area contributed by atoms with E-state index in [1.54, 1.807) is 13.8 Å². The van der Waals surface area contributed by atoms with Crippen LogP contribution in [0.15, 0.2) is 0 Å². The summed E-state index contributed by atoms with van der Waals surface area (Å²) in [6.07, 6.45) is 0.209. The van der Waals surface area contributed by atoms with Gasteiger partial charge in [-0.15, -0.1) is 0 Å². The molecule has 0 spiro atoms. The van der Waals surface area contributed by atoms with E-state index in [4.69, 9.17) is 10.8 Å². The number of carbonyl (C=O) groups is 2. The molecule has 0 unspecified atom stereocenters. The molecule has 0 radical (unpaired) electrons. The normalized spacial score (nSPS) is 15.6. The van der Waals surface area contributed by atoms with Gasteiger partial charge < -0.3 is 10.8 Å². The van der Waals surface area contributed by atoms with Crippen LogP contribution >= 0.6 is 0 Å². The standard InChI is InChI=1S/C10H19NO3/c1-6(2)5-8(12)10(11,7(3)4)9(13)14/h6-7H,5,11H2,1-4H3,(H,13,14)/t10-/m1/s1. The molecule has 14 heavy (non-hydrogen) atoms. The molecule has 0 aliphatic heterocycles. The molecule has 4 nitrogen and oxygen atoms in total. The topological polar surface area (TPSA) is 80.4 Å². The van der Waals surface area contributed by atoms with Gasteiger partial charge >= 0.3 is 5.97 Å². The van der Waals surface area contributed by atoms with Crippen LogP contribution < -0.4 is 5.73 Å². The lowest BCUT2D eigenvalue weighted by molar-refractivity contribution is -0.150. The summed E-state index contributed by atoms with van der Waals surface area (Å²) in [5, 5.41) is 8.94. The van der Waals surface area contributed by atoms with E-state index in [0.29, 0.717) is 0 Å². The smallest absolute Gasteiger partial charge is 0.331 e. The van der Waals surface area contributed by atoms with Gasteiger partial charge in [-0.05, 0) is 11.8 Å². The largest absolute Gasteiger partial charge is 0.480 e. The van der Waals surface area contributed by atoms with Gasteiger partial charge in [-0.1, -0.05) is 27.7 Å². The maximum Gasteiger partial charge on any atom is 0.331 e. The Morgan fingerprint density at radius 3 is 1.93 bits per heavy atom. The van der Waals surface area contributed by atoms with E-state index in [9.17, 15) is 9.59 Å². The highest BCUT2D eigenvalue weighted by atomic mass is 16.4. The van der Waals surface area contributed by atoms with Crippen LogP contribution in [0.4, 0.5) is 0 Å². The van der Waals surface area contributed by atoms with Crippen molar-refractivity contribution in [3.63, 3.8) is 0 Å². The van der Waals surface area contributed by atoms with Crippen LogP contribution in [-0.4, -0.2) is 22.4 Å². The zero-order chi connectivity index (χ0) is 11.5. The molecule has 0 saturated carbocycles. The van der Waals surface area contributed by atoms with E-state index in [-0.39, 0.29) is 12.3 Å². The van der Waals surface area contributed by atoms with Crippen LogP contribution in [-0.2, 0) is 9.59 Å².